The lowest BCUT2D eigenvalue weighted by atomic mass is 10.2. The summed E-state index contributed by atoms with van der Waals surface area (Å²) >= 11 is 6.06. The molecule has 1 N–H and O–H groups in total. The third kappa shape index (κ3) is 2.87. The minimum Gasteiger partial charge on any atom is -0.394 e. The van der Waals surface area contributed by atoms with Gasteiger partial charge in [0.2, 0.25) is 0 Å². The van der Waals surface area contributed by atoms with Crippen LogP contribution in [0.4, 0.5) is 5.82 Å². The molecule has 0 fully saturated rings. The van der Waals surface area contributed by atoms with Crippen LogP contribution in [-0.2, 0) is 0 Å². The Hall–Kier alpha value is -1.66. The Bertz CT molecular complexity index is 697. The van der Waals surface area contributed by atoms with E-state index in [4.69, 9.17) is 11.6 Å². The zero-order valence-corrected chi connectivity index (χ0v) is 13.1. The fraction of sp³-hybridized carbons (Fsp3) is 0.500. The normalized spacial score (nSPS) is 12.6. The number of aliphatic hydroxyl groups is 1. The third-order valence-corrected chi connectivity index (χ3v) is 3.71. The molecule has 2 aromatic rings. The molecule has 114 valence electrons. The summed E-state index contributed by atoms with van der Waals surface area (Å²) < 4.78 is 1.41. The van der Waals surface area contributed by atoms with E-state index in [1.807, 2.05) is 18.7 Å². The maximum atomic E-state index is 12.5. The average Bonchev–Trinajstić information content (AvgIpc) is 2.48. The van der Waals surface area contributed by atoms with Gasteiger partial charge in [-0.25, -0.2) is 9.97 Å². The van der Waals surface area contributed by atoms with Crippen LogP contribution < -0.4 is 10.5 Å². The summed E-state index contributed by atoms with van der Waals surface area (Å²) in [4.78, 5) is 23.2. The van der Waals surface area contributed by atoms with E-state index in [0.717, 1.165) is 13.1 Å². The number of pyridine rings is 1. The van der Waals surface area contributed by atoms with Crippen LogP contribution in [-0.4, -0.2) is 39.3 Å². The van der Waals surface area contributed by atoms with Crippen LogP contribution in [0.1, 0.15) is 26.8 Å². The molecule has 2 aromatic heterocycles. The minimum atomic E-state index is -0.335. The summed E-state index contributed by atoms with van der Waals surface area (Å²) in [6, 6.07) is 1.19. The lowest BCUT2D eigenvalue weighted by Crippen LogP contribution is -2.28. The van der Waals surface area contributed by atoms with Gasteiger partial charge in [-0.05, 0) is 26.8 Å². The number of halogens is 1. The van der Waals surface area contributed by atoms with E-state index in [0.29, 0.717) is 16.7 Å². The molecule has 6 nitrogen and oxygen atoms in total. The summed E-state index contributed by atoms with van der Waals surface area (Å²) in [6.07, 6.45) is 1.45. The van der Waals surface area contributed by atoms with Gasteiger partial charge in [0.05, 0.1) is 24.4 Å². The molecule has 0 saturated heterocycles. The Morgan fingerprint density at radius 1 is 1.43 bits per heavy atom. The molecule has 2 heterocycles. The van der Waals surface area contributed by atoms with Crippen LogP contribution >= 0.6 is 11.6 Å². The first-order valence-electron chi connectivity index (χ1n) is 6.96. The third-order valence-electron chi connectivity index (χ3n) is 3.52. The molecular formula is C14H19ClN4O2. The van der Waals surface area contributed by atoms with E-state index in [9.17, 15) is 9.90 Å². The molecule has 1 unspecified atom stereocenters. The topological polar surface area (TPSA) is 71.2 Å². The Balaban J connectivity index is 2.75. The van der Waals surface area contributed by atoms with Gasteiger partial charge in [-0.15, -0.1) is 0 Å². The SMILES string of the molecule is CCN(CC)c1nc(Cl)cc2c(=O)n(C(C)CO)cnc12. The first-order valence-corrected chi connectivity index (χ1v) is 7.34. The zero-order valence-electron chi connectivity index (χ0n) is 12.4. The summed E-state index contributed by atoms with van der Waals surface area (Å²) in [5.74, 6) is 0.614. The first-order chi connectivity index (χ1) is 10.0. The Kier molecular flexibility index (Phi) is 4.80. The van der Waals surface area contributed by atoms with E-state index in [-0.39, 0.29) is 23.4 Å². The van der Waals surface area contributed by atoms with Gasteiger partial charge in [0.15, 0.2) is 5.82 Å². The van der Waals surface area contributed by atoms with E-state index < -0.39 is 0 Å². The highest BCUT2D eigenvalue weighted by atomic mass is 35.5. The van der Waals surface area contributed by atoms with Crippen molar-refractivity contribution in [2.24, 2.45) is 0 Å². The highest BCUT2D eigenvalue weighted by molar-refractivity contribution is 6.30. The Labute approximate surface area is 128 Å². The van der Waals surface area contributed by atoms with Crippen molar-refractivity contribution in [1.29, 1.82) is 0 Å². The van der Waals surface area contributed by atoms with E-state index in [2.05, 4.69) is 9.97 Å². The van der Waals surface area contributed by atoms with E-state index >= 15 is 0 Å². The highest BCUT2D eigenvalue weighted by Gasteiger charge is 2.16. The van der Waals surface area contributed by atoms with Crippen molar-refractivity contribution in [3.63, 3.8) is 0 Å². The molecule has 0 aromatic carbocycles. The molecule has 0 aliphatic carbocycles. The van der Waals surface area contributed by atoms with E-state index in [1.54, 1.807) is 6.92 Å². The number of aliphatic hydroxyl groups excluding tert-OH is 1. The lowest BCUT2D eigenvalue weighted by Gasteiger charge is -2.21. The molecule has 1 atom stereocenters. The fourth-order valence-corrected chi connectivity index (χ4v) is 2.43. The largest absolute Gasteiger partial charge is 0.394 e. The van der Waals surface area contributed by atoms with Gasteiger partial charge in [0.1, 0.15) is 10.7 Å². The van der Waals surface area contributed by atoms with Gasteiger partial charge in [-0.2, -0.15) is 0 Å². The van der Waals surface area contributed by atoms with Crippen molar-refractivity contribution in [2.45, 2.75) is 26.8 Å². The van der Waals surface area contributed by atoms with Crippen LogP contribution in [0.5, 0.6) is 0 Å². The number of anilines is 1. The predicted octanol–water partition coefficient (Wildman–Crippen LogP) is 1.84. The van der Waals surface area contributed by atoms with E-state index in [1.165, 1.54) is 17.0 Å². The van der Waals surface area contributed by atoms with Gasteiger partial charge < -0.3 is 10.0 Å². The summed E-state index contributed by atoms with van der Waals surface area (Å²) in [7, 11) is 0. The monoisotopic (exact) mass is 310 g/mol. The molecule has 0 spiro atoms. The number of hydrogen-bond acceptors (Lipinski definition) is 5. The van der Waals surface area contributed by atoms with Gasteiger partial charge in [0, 0.05) is 13.1 Å². The quantitative estimate of drug-likeness (QED) is 0.853. The molecular weight excluding hydrogens is 292 g/mol. The Morgan fingerprint density at radius 3 is 2.67 bits per heavy atom. The van der Waals surface area contributed by atoms with Crippen LogP contribution in [0.15, 0.2) is 17.2 Å². The van der Waals surface area contributed by atoms with Crippen LogP contribution in [0.2, 0.25) is 5.15 Å². The molecule has 0 amide bonds. The zero-order chi connectivity index (χ0) is 15.6. The molecule has 2 rings (SSSR count). The fourth-order valence-electron chi connectivity index (χ4n) is 2.24. The number of nitrogens with zero attached hydrogens (tertiary/aromatic N) is 4. The highest BCUT2D eigenvalue weighted by Crippen LogP contribution is 2.24. The van der Waals surface area contributed by atoms with Gasteiger partial charge in [-0.3, -0.25) is 9.36 Å². The lowest BCUT2D eigenvalue weighted by molar-refractivity contribution is 0.236. The number of fused-ring (bicyclic) bond motifs is 1. The summed E-state index contributed by atoms with van der Waals surface area (Å²) in [5, 5.41) is 9.90. The second kappa shape index (κ2) is 6.41. The van der Waals surface area contributed by atoms with Crippen LogP contribution in [0, 0.1) is 0 Å². The smallest absolute Gasteiger partial charge is 0.261 e. The van der Waals surface area contributed by atoms with Crippen molar-refractivity contribution in [2.75, 3.05) is 24.6 Å². The molecule has 0 bridgehead atoms. The summed E-state index contributed by atoms with van der Waals surface area (Å²) in [6.45, 7) is 7.13. The molecule has 0 radical (unpaired) electrons. The molecule has 21 heavy (non-hydrogen) atoms. The second-order valence-corrected chi connectivity index (χ2v) is 5.21. The van der Waals surface area contributed by atoms with Crippen molar-refractivity contribution >= 4 is 28.3 Å². The average molecular weight is 311 g/mol. The molecule has 0 aliphatic heterocycles. The van der Waals surface area contributed by atoms with Crippen molar-refractivity contribution in [3.05, 3.63) is 27.9 Å². The number of hydrogen-bond donors (Lipinski definition) is 1. The van der Waals surface area contributed by atoms with Gasteiger partial charge >= 0.3 is 0 Å². The maximum Gasteiger partial charge on any atom is 0.261 e. The number of aromatic nitrogens is 3. The molecule has 0 saturated carbocycles. The van der Waals surface area contributed by atoms with Crippen LogP contribution in [0.25, 0.3) is 10.9 Å². The maximum absolute atomic E-state index is 12.5. The molecule has 0 aliphatic rings. The predicted molar refractivity (Wildman–Crippen MR) is 84.2 cm³/mol. The van der Waals surface area contributed by atoms with Crippen LogP contribution in [0.3, 0.4) is 0 Å². The first kappa shape index (κ1) is 15.7. The minimum absolute atomic E-state index is 0.130. The second-order valence-electron chi connectivity index (χ2n) is 4.83. The van der Waals surface area contributed by atoms with Crippen molar-refractivity contribution in [3.8, 4) is 0 Å². The van der Waals surface area contributed by atoms with Gasteiger partial charge in [-0.1, -0.05) is 11.6 Å². The standard InChI is InChI=1S/C14H19ClN4O2/c1-4-18(5-2)13-12-10(6-11(15)17-13)14(21)19(8-16-12)9(3)7-20/h6,8-9,20H,4-5,7H2,1-3H3. The van der Waals surface area contributed by atoms with Crippen molar-refractivity contribution < 1.29 is 5.11 Å². The molecule has 7 heteroatoms. The Morgan fingerprint density at radius 2 is 2.10 bits per heavy atom. The van der Waals surface area contributed by atoms with Crippen molar-refractivity contribution in [1.82, 2.24) is 14.5 Å². The van der Waals surface area contributed by atoms with Gasteiger partial charge in [0.25, 0.3) is 5.56 Å². The number of rotatable bonds is 5. The summed E-state index contributed by atoms with van der Waals surface area (Å²) in [5.41, 5.74) is 0.314.